The fraction of sp³-hybridized carbons (Fsp3) is 0.444. The van der Waals surface area contributed by atoms with E-state index in [0.717, 1.165) is 38.3 Å². The molecule has 9 nitrogen and oxygen atoms in total. The van der Waals surface area contributed by atoms with Crippen LogP contribution in [0.2, 0.25) is 0 Å². The maximum atomic E-state index is 12.9. The van der Waals surface area contributed by atoms with Crippen LogP contribution in [0.4, 0.5) is 0 Å². The number of ether oxygens (including phenoxy) is 2. The van der Waals surface area contributed by atoms with Gasteiger partial charge in [0, 0.05) is 24.6 Å². The molecule has 0 aromatic carbocycles. The number of unbranched alkanes of at least 4 members (excludes halogenated alkanes) is 1. The molecule has 0 saturated carbocycles. The fourth-order valence-electron chi connectivity index (χ4n) is 3.64. The summed E-state index contributed by atoms with van der Waals surface area (Å²) in [5.41, 5.74) is 4.38. The van der Waals surface area contributed by atoms with Crippen molar-refractivity contribution >= 4 is 23.8 Å². The smallest absolute Gasteiger partial charge is 0.340 e. The van der Waals surface area contributed by atoms with Crippen LogP contribution in [-0.4, -0.2) is 48.2 Å². The molecule has 0 aliphatic carbocycles. The van der Waals surface area contributed by atoms with E-state index in [9.17, 15) is 19.2 Å². The number of nitrogens with one attached hydrogen (secondary N) is 1. The van der Waals surface area contributed by atoms with E-state index in [2.05, 4.69) is 73.5 Å². The Morgan fingerprint density at radius 1 is 0.889 bits per heavy atom. The van der Waals surface area contributed by atoms with Crippen molar-refractivity contribution < 1.29 is 33.8 Å². The van der Waals surface area contributed by atoms with E-state index in [-0.39, 0.29) is 31.6 Å². The van der Waals surface area contributed by atoms with Gasteiger partial charge >= 0.3 is 17.9 Å². The molecule has 0 spiro atoms. The van der Waals surface area contributed by atoms with Gasteiger partial charge in [0.2, 0.25) is 0 Å². The van der Waals surface area contributed by atoms with E-state index >= 15 is 0 Å². The lowest BCUT2D eigenvalue weighted by atomic mass is 9.86. The van der Waals surface area contributed by atoms with Crippen molar-refractivity contribution in [1.29, 1.82) is 0 Å². The lowest BCUT2D eigenvalue weighted by molar-refractivity contribution is -0.166. The van der Waals surface area contributed by atoms with Gasteiger partial charge in [-0.15, -0.1) is 0 Å². The van der Waals surface area contributed by atoms with Crippen LogP contribution < -0.4 is 11.1 Å². The second-order valence-electron chi connectivity index (χ2n) is 10.7. The molecule has 9 heteroatoms. The minimum absolute atomic E-state index is 0.0129. The topological polar surface area (TPSA) is 145 Å². The van der Waals surface area contributed by atoms with Crippen LogP contribution in [-0.2, 0) is 28.7 Å². The number of amides is 1. The van der Waals surface area contributed by atoms with Crippen molar-refractivity contribution in [2.75, 3.05) is 13.2 Å². The van der Waals surface area contributed by atoms with Gasteiger partial charge in [-0.25, -0.2) is 4.79 Å². The first-order valence-electron chi connectivity index (χ1n) is 15.4. The Morgan fingerprint density at radius 2 is 1.44 bits per heavy atom. The third-order valence-electron chi connectivity index (χ3n) is 6.15. The summed E-state index contributed by atoms with van der Waals surface area (Å²) in [6.45, 7) is 8.50. The van der Waals surface area contributed by atoms with Gasteiger partial charge in [0.25, 0.3) is 5.91 Å². The molecule has 0 fully saturated rings. The zero-order chi connectivity index (χ0) is 33.8. The lowest BCUT2D eigenvalue weighted by Gasteiger charge is -2.32. The second-order valence-corrected chi connectivity index (χ2v) is 10.7. The average Bonchev–Trinajstić information content (AvgIpc) is 3.00. The third kappa shape index (κ3) is 21.9. The van der Waals surface area contributed by atoms with Gasteiger partial charge in [-0.2, -0.15) is 0 Å². The molecule has 0 saturated heterocycles. The van der Waals surface area contributed by atoms with Crippen LogP contribution in [0.5, 0.6) is 0 Å². The number of nitrogens with two attached hydrogens (primary N) is 1. The molecule has 1 amide bonds. The minimum atomic E-state index is -1.39. The molecule has 45 heavy (non-hydrogen) atoms. The zero-order valence-electron chi connectivity index (χ0n) is 27.1. The van der Waals surface area contributed by atoms with Crippen molar-refractivity contribution in [2.24, 2.45) is 11.1 Å². The van der Waals surface area contributed by atoms with E-state index in [1.54, 1.807) is 13.8 Å². The van der Waals surface area contributed by atoms with Crippen LogP contribution in [0, 0.1) is 5.41 Å². The van der Waals surface area contributed by atoms with Crippen molar-refractivity contribution in [2.45, 2.75) is 84.7 Å². The average molecular weight is 625 g/mol. The van der Waals surface area contributed by atoms with Crippen LogP contribution >= 0.6 is 0 Å². The predicted molar refractivity (Wildman–Crippen MR) is 180 cm³/mol. The lowest BCUT2D eigenvalue weighted by Crippen LogP contribution is -2.49. The molecule has 0 heterocycles. The maximum Gasteiger partial charge on any atom is 0.340 e. The fourth-order valence-corrected chi connectivity index (χ4v) is 3.64. The molecule has 0 radical (unpaired) electrons. The van der Waals surface area contributed by atoms with Gasteiger partial charge < -0.3 is 25.6 Å². The van der Waals surface area contributed by atoms with E-state index < -0.39 is 35.3 Å². The number of aliphatic carboxylic acids is 1. The van der Waals surface area contributed by atoms with Crippen molar-refractivity contribution in [3.05, 3.63) is 97.3 Å². The second kappa shape index (κ2) is 26.0. The quantitative estimate of drug-likeness (QED) is 0.0360. The highest BCUT2D eigenvalue weighted by Crippen LogP contribution is 2.26. The summed E-state index contributed by atoms with van der Waals surface area (Å²) in [4.78, 5) is 48.8. The molecule has 0 bridgehead atoms. The van der Waals surface area contributed by atoms with Gasteiger partial charge in [0.05, 0.1) is 12.0 Å². The monoisotopic (exact) mass is 624 g/mol. The Morgan fingerprint density at radius 3 is 1.96 bits per heavy atom. The Hall–Kier alpha value is -4.40. The van der Waals surface area contributed by atoms with Gasteiger partial charge in [0.1, 0.15) is 6.61 Å². The van der Waals surface area contributed by atoms with Crippen molar-refractivity contribution in [3.63, 3.8) is 0 Å². The molecule has 0 aromatic heterocycles. The largest absolute Gasteiger partial charge is 0.481 e. The maximum absolute atomic E-state index is 12.9. The number of esters is 2. The van der Waals surface area contributed by atoms with Crippen LogP contribution in [0.15, 0.2) is 97.3 Å². The molecular weight excluding hydrogens is 572 g/mol. The number of hydrogen-bond acceptors (Lipinski definition) is 7. The predicted octanol–water partition coefficient (Wildman–Crippen LogP) is 6.57. The van der Waals surface area contributed by atoms with Crippen LogP contribution in [0.25, 0.3) is 0 Å². The summed E-state index contributed by atoms with van der Waals surface area (Å²) in [5.74, 6) is -3.12. The minimum Gasteiger partial charge on any atom is -0.481 e. The highest BCUT2D eigenvalue weighted by Gasteiger charge is 2.40. The molecule has 0 aliphatic heterocycles. The van der Waals surface area contributed by atoms with Gasteiger partial charge in [0.15, 0.2) is 6.10 Å². The molecule has 1 atom stereocenters. The van der Waals surface area contributed by atoms with Gasteiger partial charge in [-0.1, -0.05) is 100 Å². The number of rotatable bonds is 24. The summed E-state index contributed by atoms with van der Waals surface area (Å²) in [7, 11) is 0. The zero-order valence-corrected chi connectivity index (χ0v) is 27.1. The third-order valence-corrected chi connectivity index (χ3v) is 6.15. The number of hydrogen-bond donors (Lipinski definition) is 3. The van der Waals surface area contributed by atoms with E-state index in [1.807, 2.05) is 6.08 Å². The van der Waals surface area contributed by atoms with E-state index in [4.69, 9.17) is 20.3 Å². The summed E-state index contributed by atoms with van der Waals surface area (Å²) >= 11 is 0. The number of allylic oxidation sites excluding steroid dienone is 12. The standard InChI is InChI=1S/C36H52N2O7/c1-5-7-9-10-11-12-13-14-15-16-17-18-19-20-21-22-23-25-32(41)44-29-36(3,4)33(34(42)38-27-26-31(39)40)45-35(43)30(28-37)24-8-6-2/h6-9,11-12,14-15,17-18,20-21,24,28,33H,2,5,10,13,16,19,22-23,25-27,29,37H2,1,3-4H3,(H,38,42)(H,39,40)/b9-7-,12-11-,15-14-,18-17-,21-20-,24-8-,30-28+/t33-/m0/s1. The summed E-state index contributed by atoms with van der Waals surface area (Å²) in [6.07, 6.45) is 31.1. The molecule has 4 N–H and O–H groups in total. The Kier molecular flexibility index (Phi) is 23.5. The normalized spacial score (nSPS) is 13.4. The summed E-state index contributed by atoms with van der Waals surface area (Å²) < 4.78 is 10.9. The number of carbonyl (C=O) groups is 4. The Bertz CT molecular complexity index is 1120. The highest BCUT2D eigenvalue weighted by molar-refractivity contribution is 5.94. The van der Waals surface area contributed by atoms with Crippen molar-refractivity contribution in [3.8, 4) is 0 Å². The summed E-state index contributed by atoms with van der Waals surface area (Å²) in [6, 6.07) is 0. The van der Waals surface area contributed by atoms with E-state index in [1.165, 1.54) is 18.2 Å². The number of carbonyl (C=O) groups excluding carboxylic acids is 3. The Balaban J connectivity index is 4.70. The molecular formula is C36H52N2O7. The SMILES string of the molecule is C=C/C=C\C(=C/N)C(=O)O[C@@H](C(=O)NCCC(=O)O)C(C)(C)COC(=O)CCC/C=C\C/C=C\C/C=C\C/C=C\C/C=C\CC. The van der Waals surface area contributed by atoms with Crippen LogP contribution in [0.3, 0.4) is 0 Å². The molecule has 248 valence electrons. The van der Waals surface area contributed by atoms with Crippen molar-refractivity contribution in [1.82, 2.24) is 5.32 Å². The Labute approximate surface area is 269 Å². The first kappa shape index (κ1) is 40.6. The molecule has 0 aliphatic rings. The molecule has 0 rings (SSSR count). The number of carboxylic acids is 1. The van der Waals surface area contributed by atoms with Gasteiger partial charge in [-0.3, -0.25) is 14.4 Å². The van der Waals surface area contributed by atoms with E-state index in [0.29, 0.717) is 12.8 Å². The molecule has 0 unspecified atom stereocenters. The van der Waals surface area contributed by atoms with Gasteiger partial charge in [-0.05, 0) is 51.0 Å². The van der Waals surface area contributed by atoms with Crippen LogP contribution in [0.1, 0.15) is 78.6 Å². The highest BCUT2D eigenvalue weighted by atomic mass is 16.6. The summed E-state index contributed by atoms with van der Waals surface area (Å²) in [5, 5.41) is 11.3. The first-order valence-corrected chi connectivity index (χ1v) is 15.4. The molecule has 0 aromatic rings. The first-order chi connectivity index (χ1) is 21.6. The number of carboxylic acid groups (broad SMARTS) is 1.